The van der Waals surface area contributed by atoms with Crippen molar-refractivity contribution in [3.8, 4) is 11.5 Å². The molecular formula is C28H22ClNO6. The molecule has 0 radical (unpaired) electrons. The Labute approximate surface area is 211 Å². The van der Waals surface area contributed by atoms with Crippen molar-refractivity contribution in [2.24, 2.45) is 0 Å². The highest BCUT2D eigenvalue weighted by molar-refractivity contribution is 6.30. The number of aliphatic hydroxyl groups excluding tert-OH is 1. The first kappa shape index (κ1) is 23.5. The van der Waals surface area contributed by atoms with Crippen LogP contribution in [0.15, 0.2) is 82.5 Å². The van der Waals surface area contributed by atoms with Gasteiger partial charge in [0.25, 0.3) is 5.91 Å². The number of aromatic hydroxyl groups is 1. The van der Waals surface area contributed by atoms with Gasteiger partial charge in [-0.1, -0.05) is 35.9 Å². The van der Waals surface area contributed by atoms with Gasteiger partial charge in [-0.05, 0) is 67.4 Å². The van der Waals surface area contributed by atoms with E-state index in [0.717, 1.165) is 5.39 Å². The summed E-state index contributed by atoms with van der Waals surface area (Å²) in [6, 6.07) is 17.3. The molecule has 1 aliphatic heterocycles. The van der Waals surface area contributed by atoms with Gasteiger partial charge in [-0.15, -0.1) is 0 Å². The van der Waals surface area contributed by atoms with Crippen LogP contribution >= 0.6 is 11.6 Å². The minimum atomic E-state index is -1.02. The van der Waals surface area contributed by atoms with Gasteiger partial charge in [0.2, 0.25) is 5.78 Å². The Morgan fingerprint density at radius 2 is 1.86 bits per heavy atom. The van der Waals surface area contributed by atoms with Crippen LogP contribution in [-0.2, 0) is 4.79 Å². The standard InChI is InChI=1S/C28H22ClNO6/c1-3-35-22-14-17(8-11-20(22)31)25-24(26(32)23-13-16-6-4-5-7-21(16)36-23)27(33)28(34)30(25)19-10-9-18(29)12-15(19)2/h4-14,25,31,33H,3H2,1-2H3. The van der Waals surface area contributed by atoms with Crippen LogP contribution in [0, 0.1) is 6.92 Å². The predicted molar refractivity (Wildman–Crippen MR) is 136 cm³/mol. The zero-order valence-electron chi connectivity index (χ0n) is 19.5. The molecule has 5 rings (SSSR count). The Kier molecular flexibility index (Phi) is 5.94. The summed E-state index contributed by atoms with van der Waals surface area (Å²) in [6.45, 7) is 3.85. The quantitative estimate of drug-likeness (QED) is 0.300. The van der Waals surface area contributed by atoms with Crippen LogP contribution in [0.4, 0.5) is 5.69 Å². The van der Waals surface area contributed by atoms with Crippen molar-refractivity contribution in [2.75, 3.05) is 11.5 Å². The second kappa shape index (κ2) is 9.09. The maximum Gasteiger partial charge on any atom is 0.294 e. The monoisotopic (exact) mass is 503 g/mol. The molecule has 8 heteroatoms. The topological polar surface area (TPSA) is 100 Å². The van der Waals surface area contributed by atoms with Gasteiger partial charge >= 0.3 is 0 Å². The van der Waals surface area contributed by atoms with Gasteiger partial charge in [-0.3, -0.25) is 14.5 Å². The maximum atomic E-state index is 13.8. The molecule has 1 unspecified atom stereocenters. The van der Waals surface area contributed by atoms with Gasteiger partial charge in [0.05, 0.1) is 18.2 Å². The van der Waals surface area contributed by atoms with E-state index in [-0.39, 0.29) is 22.8 Å². The molecule has 1 amide bonds. The summed E-state index contributed by atoms with van der Waals surface area (Å²) < 4.78 is 11.3. The lowest BCUT2D eigenvalue weighted by Gasteiger charge is -2.28. The molecule has 36 heavy (non-hydrogen) atoms. The molecule has 3 aromatic carbocycles. The number of hydrogen-bond acceptors (Lipinski definition) is 6. The second-order valence-electron chi connectivity index (χ2n) is 8.41. The van der Waals surface area contributed by atoms with E-state index in [4.69, 9.17) is 20.8 Å². The summed E-state index contributed by atoms with van der Waals surface area (Å²) >= 11 is 6.14. The molecule has 0 aliphatic carbocycles. The van der Waals surface area contributed by atoms with Gasteiger partial charge in [0.1, 0.15) is 5.58 Å². The molecular weight excluding hydrogens is 482 g/mol. The van der Waals surface area contributed by atoms with E-state index in [1.807, 2.05) is 6.07 Å². The molecule has 2 N–H and O–H groups in total. The number of furan rings is 1. The Balaban J connectivity index is 1.70. The molecule has 1 aliphatic rings. The molecule has 0 saturated heterocycles. The first-order chi connectivity index (χ1) is 17.3. The number of aryl methyl sites for hydroxylation is 1. The van der Waals surface area contributed by atoms with E-state index >= 15 is 0 Å². The summed E-state index contributed by atoms with van der Waals surface area (Å²) in [6.07, 6.45) is 0. The third-order valence-electron chi connectivity index (χ3n) is 6.12. The number of ketones is 1. The molecule has 0 bridgehead atoms. The number of aliphatic hydroxyl groups is 1. The number of anilines is 1. The SMILES string of the molecule is CCOc1cc(C2C(C(=O)c3cc4ccccc4o3)=C(O)C(=O)N2c2ccc(Cl)cc2C)ccc1O. The summed E-state index contributed by atoms with van der Waals surface area (Å²) in [4.78, 5) is 28.5. The molecule has 2 heterocycles. The van der Waals surface area contributed by atoms with E-state index < -0.39 is 23.5 Å². The van der Waals surface area contributed by atoms with E-state index in [2.05, 4.69) is 0 Å². The fraction of sp³-hybridized carbons (Fsp3) is 0.143. The van der Waals surface area contributed by atoms with Crippen molar-refractivity contribution in [3.05, 3.63) is 100.0 Å². The zero-order valence-corrected chi connectivity index (χ0v) is 20.2. The summed E-state index contributed by atoms with van der Waals surface area (Å²) in [5.41, 5.74) is 1.98. The summed E-state index contributed by atoms with van der Waals surface area (Å²) in [7, 11) is 0. The number of carbonyl (C=O) groups is 2. The van der Waals surface area contributed by atoms with Crippen molar-refractivity contribution in [1.82, 2.24) is 0 Å². The van der Waals surface area contributed by atoms with Crippen molar-refractivity contribution in [1.29, 1.82) is 0 Å². The highest BCUT2D eigenvalue weighted by atomic mass is 35.5. The van der Waals surface area contributed by atoms with Crippen LogP contribution in [0.1, 0.15) is 34.6 Å². The first-order valence-electron chi connectivity index (χ1n) is 11.3. The van der Waals surface area contributed by atoms with Crippen molar-refractivity contribution < 1.29 is 29.0 Å². The fourth-order valence-corrected chi connectivity index (χ4v) is 4.72. The number of phenolic OH excluding ortho intramolecular Hbond substituents is 1. The van der Waals surface area contributed by atoms with E-state index in [0.29, 0.717) is 34.0 Å². The van der Waals surface area contributed by atoms with Crippen molar-refractivity contribution >= 4 is 39.9 Å². The number of para-hydroxylation sites is 1. The minimum absolute atomic E-state index is 0.00552. The Bertz CT molecular complexity index is 1520. The molecule has 4 aromatic rings. The molecule has 7 nitrogen and oxygen atoms in total. The normalized spacial score (nSPS) is 15.7. The number of carbonyl (C=O) groups excluding carboxylic acids is 2. The van der Waals surface area contributed by atoms with Crippen LogP contribution < -0.4 is 9.64 Å². The van der Waals surface area contributed by atoms with Gasteiger partial charge in [0, 0.05) is 16.1 Å². The average Bonchev–Trinajstić information content (AvgIpc) is 3.40. The van der Waals surface area contributed by atoms with Gasteiger partial charge in [-0.2, -0.15) is 0 Å². The number of Topliss-reactive ketones (excluding diaryl/α,β-unsaturated/α-hetero) is 1. The fourth-order valence-electron chi connectivity index (χ4n) is 4.49. The van der Waals surface area contributed by atoms with E-state index in [1.54, 1.807) is 68.4 Å². The molecule has 0 fully saturated rings. The first-order valence-corrected chi connectivity index (χ1v) is 11.7. The lowest BCUT2D eigenvalue weighted by atomic mass is 9.94. The van der Waals surface area contributed by atoms with Crippen LogP contribution in [-0.4, -0.2) is 28.5 Å². The number of halogens is 1. The summed E-state index contributed by atoms with van der Waals surface area (Å²) in [5.74, 6) is -1.94. The number of nitrogens with zero attached hydrogens (tertiary/aromatic N) is 1. The number of fused-ring (bicyclic) bond motifs is 1. The number of hydrogen-bond donors (Lipinski definition) is 2. The van der Waals surface area contributed by atoms with Crippen LogP contribution in [0.2, 0.25) is 5.02 Å². The second-order valence-corrected chi connectivity index (χ2v) is 8.84. The molecule has 1 atom stereocenters. The lowest BCUT2D eigenvalue weighted by molar-refractivity contribution is -0.117. The number of ether oxygens (including phenoxy) is 1. The van der Waals surface area contributed by atoms with Crippen LogP contribution in [0.5, 0.6) is 11.5 Å². The van der Waals surface area contributed by atoms with E-state index in [1.165, 1.54) is 11.0 Å². The highest BCUT2D eigenvalue weighted by Gasteiger charge is 2.46. The Hall–Kier alpha value is -4.23. The number of phenols is 1. The van der Waals surface area contributed by atoms with Crippen LogP contribution in [0.25, 0.3) is 11.0 Å². The number of amides is 1. The molecule has 182 valence electrons. The largest absolute Gasteiger partial charge is 0.504 e. The number of rotatable bonds is 6. The summed E-state index contributed by atoms with van der Waals surface area (Å²) in [5, 5.41) is 22.5. The molecule has 1 aromatic heterocycles. The van der Waals surface area contributed by atoms with E-state index in [9.17, 15) is 19.8 Å². The molecule has 0 spiro atoms. The number of benzene rings is 3. The van der Waals surface area contributed by atoms with Gasteiger partial charge < -0.3 is 19.4 Å². The predicted octanol–water partition coefficient (Wildman–Crippen LogP) is 6.28. The van der Waals surface area contributed by atoms with Crippen molar-refractivity contribution in [2.45, 2.75) is 19.9 Å². The van der Waals surface area contributed by atoms with Gasteiger partial charge in [-0.25, -0.2) is 0 Å². The zero-order chi connectivity index (χ0) is 25.6. The Morgan fingerprint density at radius 1 is 1.08 bits per heavy atom. The third kappa shape index (κ3) is 3.87. The lowest BCUT2D eigenvalue weighted by Crippen LogP contribution is -2.31. The maximum absolute atomic E-state index is 13.8. The highest BCUT2D eigenvalue weighted by Crippen LogP contribution is 2.45. The van der Waals surface area contributed by atoms with Gasteiger partial charge in [0.15, 0.2) is 23.0 Å². The minimum Gasteiger partial charge on any atom is -0.504 e. The van der Waals surface area contributed by atoms with Crippen LogP contribution in [0.3, 0.4) is 0 Å². The Morgan fingerprint density at radius 3 is 2.58 bits per heavy atom. The average molecular weight is 504 g/mol. The third-order valence-corrected chi connectivity index (χ3v) is 6.35. The smallest absolute Gasteiger partial charge is 0.294 e. The molecule has 0 saturated carbocycles. The van der Waals surface area contributed by atoms with Crippen molar-refractivity contribution in [3.63, 3.8) is 0 Å².